The highest BCUT2D eigenvalue weighted by molar-refractivity contribution is 5.92. The number of carbonyl (C=O) groups is 2. The van der Waals surface area contributed by atoms with Crippen LogP contribution in [0.4, 0.5) is 14.6 Å². The summed E-state index contributed by atoms with van der Waals surface area (Å²) >= 11 is 0. The quantitative estimate of drug-likeness (QED) is 0.263. The lowest BCUT2D eigenvalue weighted by molar-refractivity contribution is -0.128. The zero-order chi connectivity index (χ0) is 32.9. The van der Waals surface area contributed by atoms with Gasteiger partial charge in [-0.3, -0.25) is 9.59 Å². The number of fused-ring (bicyclic) bond motifs is 5. The minimum Gasteiger partial charge on any atom is -0.349 e. The molecule has 1 fully saturated rings. The van der Waals surface area contributed by atoms with Crippen LogP contribution in [0.15, 0.2) is 59.9 Å². The number of benzene rings is 2. The molecule has 2 aliphatic rings. The van der Waals surface area contributed by atoms with Gasteiger partial charge in [0.1, 0.15) is 28.9 Å². The van der Waals surface area contributed by atoms with Crippen LogP contribution in [0.25, 0.3) is 28.0 Å². The number of Topliss-reactive ketones (excluding diaryl/α,β-unsaturated/α-hetero) is 1. The average Bonchev–Trinajstić information content (AvgIpc) is 3.02. The van der Waals surface area contributed by atoms with E-state index in [0.717, 1.165) is 11.1 Å². The summed E-state index contributed by atoms with van der Waals surface area (Å²) in [6, 6.07) is 10.9. The molecule has 10 heteroatoms. The predicted octanol–water partition coefficient (Wildman–Crippen LogP) is 5.91. The Balaban J connectivity index is 1.70. The second kappa shape index (κ2) is 12.2. The van der Waals surface area contributed by atoms with Gasteiger partial charge < -0.3 is 9.80 Å². The molecule has 2 aromatic heterocycles. The summed E-state index contributed by atoms with van der Waals surface area (Å²) < 4.78 is 33.4. The Hall–Kier alpha value is -4.73. The van der Waals surface area contributed by atoms with Crippen molar-refractivity contribution >= 4 is 28.5 Å². The summed E-state index contributed by atoms with van der Waals surface area (Å²) in [5, 5.41) is 0.289. The van der Waals surface area contributed by atoms with E-state index in [1.807, 2.05) is 50.8 Å². The topological polar surface area (TPSA) is 88.4 Å². The molecule has 0 unspecified atom stereocenters. The lowest BCUT2D eigenvalue weighted by Crippen LogP contribution is -2.58. The summed E-state index contributed by atoms with van der Waals surface area (Å²) in [4.78, 5) is 52.9. The van der Waals surface area contributed by atoms with Crippen molar-refractivity contribution in [2.45, 2.75) is 71.4 Å². The van der Waals surface area contributed by atoms with Crippen molar-refractivity contribution in [1.29, 1.82) is 0 Å². The largest absolute Gasteiger partial charge is 0.355 e. The second-order valence-electron chi connectivity index (χ2n) is 12.6. The van der Waals surface area contributed by atoms with Gasteiger partial charge in [-0.05, 0) is 67.5 Å². The zero-order valence-electron chi connectivity index (χ0n) is 26.5. The first kappa shape index (κ1) is 31.3. The second-order valence-corrected chi connectivity index (χ2v) is 12.6. The van der Waals surface area contributed by atoms with Gasteiger partial charge in [-0.15, -0.1) is 0 Å². The van der Waals surface area contributed by atoms with Gasteiger partial charge in [0.05, 0.1) is 11.1 Å². The summed E-state index contributed by atoms with van der Waals surface area (Å²) in [6.45, 7) is 12.2. The highest BCUT2D eigenvalue weighted by Crippen LogP contribution is 2.37. The molecule has 1 saturated heterocycles. The molecule has 4 heterocycles. The van der Waals surface area contributed by atoms with Crippen molar-refractivity contribution in [3.8, 4) is 16.9 Å². The van der Waals surface area contributed by atoms with E-state index >= 15 is 8.78 Å². The number of hydrogen-bond acceptors (Lipinski definition) is 6. The van der Waals surface area contributed by atoms with Gasteiger partial charge in [0.2, 0.25) is 5.91 Å². The molecule has 0 radical (unpaired) electrons. The third kappa shape index (κ3) is 5.39. The molecule has 2 aliphatic heterocycles. The monoisotopic (exact) mass is 625 g/mol. The highest BCUT2D eigenvalue weighted by Gasteiger charge is 2.34. The lowest BCUT2D eigenvalue weighted by atomic mass is 9.94. The number of carbonyl (C=O) groups excluding carboxylic acids is 2. The number of aryl methyl sites for hydroxylation is 1. The van der Waals surface area contributed by atoms with Gasteiger partial charge in [-0.1, -0.05) is 50.8 Å². The number of aromatic nitrogens is 3. The van der Waals surface area contributed by atoms with Gasteiger partial charge >= 0.3 is 5.69 Å². The number of anilines is 1. The van der Waals surface area contributed by atoms with Gasteiger partial charge in [-0.25, -0.2) is 23.1 Å². The van der Waals surface area contributed by atoms with Gasteiger partial charge in [-0.2, -0.15) is 4.98 Å². The first-order chi connectivity index (χ1) is 22.0. The van der Waals surface area contributed by atoms with Crippen molar-refractivity contribution in [2.75, 3.05) is 18.0 Å². The maximum atomic E-state index is 16.3. The van der Waals surface area contributed by atoms with Crippen molar-refractivity contribution in [1.82, 2.24) is 19.4 Å². The molecular formula is C36H37F2N5O3. The maximum Gasteiger partial charge on any atom is 0.355 e. The molecule has 2 aromatic carbocycles. The molecule has 1 amide bonds. The van der Waals surface area contributed by atoms with Crippen LogP contribution >= 0.6 is 0 Å². The third-order valence-electron chi connectivity index (χ3n) is 9.14. The number of para-hydroxylation sites is 1. The first-order valence-electron chi connectivity index (χ1n) is 15.7. The van der Waals surface area contributed by atoms with Crippen molar-refractivity contribution in [3.63, 3.8) is 0 Å². The fourth-order valence-electron chi connectivity index (χ4n) is 6.86. The molecule has 4 aromatic rings. The molecule has 0 spiro atoms. The summed E-state index contributed by atoms with van der Waals surface area (Å²) in [5.41, 5.74) is 1.81. The Morgan fingerprint density at radius 2 is 1.72 bits per heavy atom. The zero-order valence-corrected chi connectivity index (χ0v) is 26.5. The molecule has 2 atom stereocenters. The first-order valence-corrected chi connectivity index (χ1v) is 15.7. The van der Waals surface area contributed by atoms with E-state index in [4.69, 9.17) is 4.98 Å². The van der Waals surface area contributed by atoms with Crippen LogP contribution in [-0.4, -0.2) is 56.3 Å². The van der Waals surface area contributed by atoms with Gasteiger partial charge in [0.15, 0.2) is 5.65 Å². The lowest BCUT2D eigenvalue weighted by Gasteiger charge is -2.44. The molecule has 0 N–H and O–H groups in total. The van der Waals surface area contributed by atoms with Crippen LogP contribution in [0, 0.1) is 11.6 Å². The minimum atomic E-state index is -0.798. The van der Waals surface area contributed by atoms with E-state index in [-0.39, 0.29) is 70.6 Å². The molecule has 2 bridgehead atoms. The van der Waals surface area contributed by atoms with E-state index in [9.17, 15) is 14.4 Å². The van der Waals surface area contributed by atoms with Crippen molar-refractivity contribution in [3.05, 3.63) is 93.9 Å². The van der Waals surface area contributed by atoms with Gasteiger partial charge in [0.25, 0.3) is 0 Å². The number of nitrogens with zero attached hydrogens (tertiary/aromatic N) is 5. The fraction of sp³-hybridized carbons (Fsp3) is 0.361. The number of halogens is 2. The average molecular weight is 626 g/mol. The molecule has 46 heavy (non-hydrogen) atoms. The number of pyridine rings is 1. The van der Waals surface area contributed by atoms with Crippen molar-refractivity contribution < 1.29 is 18.4 Å². The predicted molar refractivity (Wildman–Crippen MR) is 174 cm³/mol. The van der Waals surface area contributed by atoms with Crippen LogP contribution in [0.2, 0.25) is 0 Å². The van der Waals surface area contributed by atoms with E-state index < -0.39 is 17.3 Å². The normalized spacial score (nSPS) is 18.5. The maximum absolute atomic E-state index is 16.3. The van der Waals surface area contributed by atoms with E-state index in [0.29, 0.717) is 37.2 Å². The van der Waals surface area contributed by atoms with E-state index in [2.05, 4.69) is 11.6 Å². The molecule has 6 rings (SSSR count). The number of hydrogen-bond donors (Lipinski definition) is 0. The molecule has 8 nitrogen and oxygen atoms in total. The molecular weight excluding hydrogens is 588 g/mol. The number of amides is 1. The van der Waals surface area contributed by atoms with Gasteiger partial charge in [0, 0.05) is 43.6 Å². The number of piperazine rings is 1. The molecule has 0 saturated carbocycles. The van der Waals surface area contributed by atoms with Crippen molar-refractivity contribution in [2.24, 2.45) is 0 Å². The standard InChI is InChI=1S/C36H37F2N5O3/c1-6-30(45)41-18-22(5)42(19-21(41)4)34-27-17-29(38)32-31-24(12-9-15-28(31)37)16-25(44)13-7-10-23-11-8-14-26(20(2)3)33(23)43(35(27)39-32)36(46)40-34/h6,8-9,11-12,14-15,17,20-22H,1,7,10,13,16,18-19H2,2-5H3/t21-,22+/m1/s1. The van der Waals surface area contributed by atoms with Crippen LogP contribution in [0.5, 0.6) is 0 Å². The van der Waals surface area contributed by atoms with Crippen LogP contribution in [-0.2, 0) is 22.4 Å². The third-order valence-corrected chi connectivity index (χ3v) is 9.14. The Labute approximate surface area is 266 Å². The molecule has 238 valence electrons. The summed E-state index contributed by atoms with van der Waals surface area (Å²) in [5.74, 6) is -1.54. The highest BCUT2D eigenvalue weighted by atomic mass is 19.1. The summed E-state index contributed by atoms with van der Waals surface area (Å²) in [7, 11) is 0. The van der Waals surface area contributed by atoms with E-state index in [1.165, 1.54) is 28.8 Å². The Bertz CT molecular complexity index is 1950. The number of rotatable bonds is 3. The summed E-state index contributed by atoms with van der Waals surface area (Å²) in [6.07, 6.45) is 2.48. The Morgan fingerprint density at radius 3 is 2.46 bits per heavy atom. The Morgan fingerprint density at radius 1 is 0.978 bits per heavy atom. The minimum absolute atomic E-state index is 0.00308. The SMILES string of the molecule is C=CC(=O)N1C[C@H](C)N(c2nc(=O)n3c4nc(c(F)cc24)-c2c(F)cccc2CC(=O)CCCc2cccc(C(C)C)c2-3)C[C@H]1C. The Kier molecular flexibility index (Phi) is 8.31. The van der Waals surface area contributed by atoms with Crippen LogP contribution in [0.3, 0.4) is 0 Å². The van der Waals surface area contributed by atoms with Crippen LogP contribution in [0.1, 0.15) is 63.1 Å². The fourth-order valence-corrected chi connectivity index (χ4v) is 6.86. The number of ketones is 1. The smallest absolute Gasteiger partial charge is 0.349 e. The molecule has 0 aliphatic carbocycles. The van der Waals surface area contributed by atoms with Crippen LogP contribution < -0.4 is 10.6 Å². The van der Waals surface area contributed by atoms with E-state index in [1.54, 1.807) is 11.0 Å².